The highest BCUT2D eigenvalue weighted by molar-refractivity contribution is 5.18. The van der Waals surface area contributed by atoms with Crippen LogP contribution in [-0.4, -0.2) is 19.3 Å². The van der Waals surface area contributed by atoms with E-state index in [1.54, 1.807) is 0 Å². The van der Waals surface area contributed by atoms with E-state index < -0.39 is 0 Å². The van der Waals surface area contributed by atoms with Gasteiger partial charge < -0.3 is 10.1 Å². The van der Waals surface area contributed by atoms with Gasteiger partial charge in [0.1, 0.15) is 0 Å². The summed E-state index contributed by atoms with van der Waals surface area (Å²) in [5, 5.41) is 3.58. The van der Waals surface area contributed by atoms with E-state index in [9.17, 15) is 0 Å². The number of hydrogen-bond donors (Lipinski definition) is 1. The second-order valence-electron chi connectivity index (χ2n) is 5.09. The molecule has 1 aliphatic heterocycles. The molecule has 2 atom stereocenters. The van der Waals surface area contributed by atoms with Gasteiger partial charge in [-0.05, 0) is 44.2 Å². The Hall–Kier alpha value is -0.860. The summed E-state index contributed by atoms with van der Waals surface area (Å²) in [6.07, 6.45) is 6.71. The van der Waals surface area contributed by atoms with Crippen LogP contribution in [0.5, 0.6) is 0 Å². The lowest BCUT2D eigenvalue weighted by Crippen LogP contribution is -2.21. The third-order valence-electron chi connectivity index (χ3n) is 3.70. The minimum absolute atomic E-state index is 0.498. The normalized spacial score (nSPS) is 21.1. The van der Waals surface area contributed by atoms with Crippen molar-refractivity contribution in [2.45, 2.75) is 51.2 Å². The third-order valence-corrected chi connectivity index (χ3v) is 3.70. The average Bonchev–Trinajstić information content (AvgIpc) is 2.92. The first-order valence-electron chi connectivity index (χ1n) is 7.30. The molecule has 0 bridgehead atoms. The van der Waals surface area contributed by atoms with Crippen LogP contribution in [0.1, 0.15) is 50.6 Å². The van der Waals surface area contributed by atoms with Crippen LogP contribution in [0.15, 0.2) is 30.3 Å². The molecule has 0 amide bonds. The minimum atomic E-state index is 0.498. The van der Waals surface area contributed by atoms with Gasteiger partial charge in [-0.15, -0.1) is 0 Å². The van der Waals surface area contributed by atoms with Gasteiger partial charge in [0.2, 0.25) is 0 Å². The molecule has 1 aliphatic rings. The van der Waals surface area contributed by atoms with Crippen molar-refractivity contribution in [3.63, 3.8) is 0 Å². The van der Waals surface area contributed by atoms with E-state index in [1.807, 2.05) is 0 Å². The summed E-state index contributed by atoms with van der Waals surface area (Å²) >= 11 is 0. The molecule has 0 spiro atoms. The summed E-state index contributed by atoms with van der Waals surface area (Å²) in [6, 6.07) is 11.3. The van der Waals surface area contributed by atoms with Gasteiger partial charge in [0.15, 0.2) is 0 Å². The number of nitrogens with one attached hydrogen (secondary N) is 1. The maximum Gasteiger partial charge on any atom is 0.0576 e. The Morgan fingerprint density at radius 3 is 2.83 bits per heavy atom. The molecule has 1 heterocycles. The molecule has 0 aliphatic carbocycles. The zero-order chi connectivity index (χ0) is 12.6. The summed E-state index contributed by atoms with van der Waals surface area (Å²) in [4.78, 5) is 0. The van der Waals surface area contributed by atoms with E-state index >= 15 is 0 Å². The second-order valence-corrected chi connectivity index (χ2v) is 5.09. The minimum Gasteiger partial charge on any atom is -0.378 e. The zero-order valence-corrected chi connectivity index (χ0v) is 11.4. The van der Waals surface area contributed by atoms with Crippen molar-refractivity contribution in [3.8, 4) is 0 Å². The standard InChI is InChI=1S/C16H25NO/c1-2-17-16(14-8-4-3-5-9-14)12-6-10-15-11-7-13-18-15/h3-5,8-9,15-17H,2,6-7,10-13H2,1H3. The van der Waals surface area contributed by atoms with Crippen LogP contribution >= 0.6 is 0 Å². The molecule has 2 unspecified atom stereocenters. The van der Waals surface area contributed by atoms with Gasteiger partial charge in [-0.3, -0.25) is 0 Å². The van der Waals surface area contributed by atoms with Crippen LogP contribution in [0, 0.1) is 0 Å². The highest BCUT2D eigenvalue weighted by Gasteiger charge is 2.16. The molecule has 2 nitrogen and oxygen atoms in total. The van der Waals surface area contributed by atoms with E-state index in [1.165, 1.54) is 37.7 Å². The van der Waals surface area contributed by atoms with Gasteiger partial charge in [0.25, 0.3) is 0 Å². The van der Waals surface area contributed by atoms with Gasteiger partial charge in [0.05, 0.1) is 6.10 Å². The Bertz CT molecular complexity index is 319. The number of ether oxygens (including phenoxy) is 1. The highest BCUT2D eigenvalue weighted by Crippen LogP contribution is 2.23. The molecule has 0 radical (unpaired) electrons. The first-order chi connectivity index (χ1) is 8.90. The molecule has 1 aromatic rings. The summed E-state index contributed by atoms with van der Waals surface area (Å²) in [5.74, 6) is 0. The van der Waals surface area contributed by atoms with E-state index in [0.29, 0.717) is 12.1 Å². The fraction of sp³-hybridized carbons (Fsp3) is 0.625. The van der Waals surface area contributed by atoms with Crippen LogP contribution in [0.25, 0.3) is 0 Å². The Labute approximate surface area is 111 Å². The summed E-state index contributed by atoms with van der Waals surface area (Å²) in [7, 11) is 0. The van der Waals surface area contributed by atoms with E-state index in [4.69, 9.17) is 4.74 Å². The first kappa shape index (κ1) is 13.6. The Balaban J connectivity index is 1.79. The van der Waals surface area contributed by atoms with Gasteiger partial charge in [-0.1, -0.05) is 37.3 Å². The third kappa shape index (κ3) is 4.11. The monoisotopic (exact) mass is 247 g/mol. The molecule has 1 fully saturated rings. The quantitative estimate of drug-likeness (QED) is 0.793. The van der Waals surface area contributed by atoms with Crippen LogP contribution in [0.2, 0.25) is 0 Å². The molecule has 1 saturated heterocycles. The predicted molar refractivity (Wildman–Crippen MR) is 75.7 cm³/mol. The van der Waals surface area contributed by atoms with Gasteiger partial charge in [-0.25, -0.2) is 0 Å². The van der Waals surface area contributed by atoms with E-state index in [-0.39, 0.29) is 0 Å². The van der Waals surface area contributed by atoms with E-state index in [0.717, 1.165) is 13.2 Å². The number of rotatable bonds is 7. The van der Waals surface area contributed by atoms with Crippen molar-refractivity contribution in [2.24, 2.45) is 0 Å². The summed E-state index contributed by atoms with van der Waals surface area (Å²) in [5.41, 5.74) is 1.41. The molecular weight excluding hydrogens is 222 g/mol. The fourth-order valence-corrected chi connectivity index (χ4v) is 2.74. The molecule has 2 rings (SSSR count). The Morgan fingerprint density at radius 2 is 2.17 bits per heavy atom. The maximum absolute atomic E-state index is 5.68. The molecule has 0 saturated carbocycles. The molecule has 100 valence electrons. The van der Waals surface area contributed by atoms with Crippen LogP contribution in [-0.2, 0) is 4.74 Å². The summed E-state index contributed by atoms with van der Waals surface area (Å²) in [6.45, 7) is 4.18. The summed E-state index contributed by atoms with van der Waals surface area (Å²) < 4.78 is 5.68. The van der Waals surface area contributed by atoms with Crippen LogP contribution < -0.4 is 5.32 Å². The van der Waals surface area contributed by atoms with Gasteiger partial charge in [-0.2, -0.15) is 0 Å². The number of hydrogen-bond acceptors (Lipinski definition) is 2. The van der Waals surface area contributed by atoms with Crippen LogP contribution in [0.3, 0.4) is 0 Å². The maximum atomic E-state index is 5.68. The second kappa shape index (κ2) is 7.55. The van der Waals surface area contributed by atoms with Crippen molar-refractivity contribution in [2.75, 3.05) is 13.2 Å². The molecule has 1 aromatic carbocycles. The molecule has 0 aromatic heterocycles. The average molecular weight is 247 g/mol. The molecule has 2 heteroatoms. The largest absolute Gasteiger partial charge is 0.378 e. The lowest BCUT2D eigenvalue weighted by Gasteiger charge is -2.19. The smallest absolute Gasteiger partial charge is 0.0576 e. The van der Waals surface area contributed by atoms with Crippen molar-refractivity contribution in [1.29, 1.82) is 0 Å². The predicted octanol–water partition coefficient (Wildman–Crippen LogP) is 3.69. The van der Waals surface area contributed by atoms with Crippen molar-refractivity contribution >= 4 is 0 Å². The zero-order valence-electron chi connectivity index (χ0n) is 11.4. The SMILES string of the molecule is CCNC(CCCC1CCCO1)c1ccccc1. The molecule has 1 N–H and O–H groups in total. The van der Waals surface area contributed by atoms with Gasteiger partial charge >= 0.3 is 0 Å². The fourth-order valence-electron chi connectivity index (χ4n) is 2.74. The molecular formula is C16H25NO. The van der Waals surface area contributed by atoms with E-state index in [2.05, 4.69) is 42.6 Å². The lowest BCUT2D eigenvalue weighted by molar-refractivity contribution is 0.101. The lowest BCUT2D eigenvalue weighted by atomic mass is 9.99. The Morgan fingerprint density at radius 1 is 1.33 bits per heavy atom. The van der Waals surface area contributed by atoms with Crippen molar-refractivity contribution < 1.29 is 4.74 Å². The first-order valence-corrected chi connectivity index (χ1v) is 7.30. The Kier molecular flexibility index (Phi) is 5.69. The number of benzene rings is 1. The van der Waals surface area contributed by atoms with Crippen molar-refractivity contribution in [1.82, 2.24) is 5.32 Å². The van der Waals surface area contributed by atoms with Crippen LogP contribution in [0.4, 0.5) is 0 Å². The molecule has 18 heavy (non-hydrogen) atoms. The van der Waals surface area contributed by atoms with Gasteiger partial charge in [0, 0.05) is 12.6 Å². The topological polar surface area (TPSA) is 21.3 Å². The van der Waals surface area contributed by atoms with Crippen molar-refractivity contribution in [3.05, 3.63) is 35.9 Å². The highest BCUT2D eigenvalue weighted by atomic mass is 16.5.